The van der Waals surface area contributed by atoms with Crippen LogP contribution in [0.25, 0.3) is 5.69 Å². The molecular formula is C21H24N6O2S. The molecule has 1 unspecified atom stereocenters. The molecule has 1 fully saturated rings. The van der Waals surface area contributed by atoms with E-state index in [9.17, 15) is 4.79 Å². The lowest BCUT2D eigenvalue weighted by molar-refractivity contribution is -0.119. The molecule has 2 heterocycles. The first-order valence-corrected chi connectivity index (χ1v) is 10.9. The predicted molar refractivity (Wildman–Crippen MR) is 114 cm³/mol. The molecule has 1 aromatic heterocycles. The Morgan fingerprint density at radius 2 is 1.90 bits per heavy atom. The van der Waals surface area contributed by atoms with Gasteiger partial charge in [0.1, 0.15) is 0 Å². The Labute approximate surface area is 179 Å². The molecule has 0 radical (unpaired) electrons. The molecule has 0 saturated carbocycles. The fraction of sp³-hybridized carbons (Fsp3) is 0.333. The lowest BCUT2D eigenvalue weighted by Crippen LogP contribution is -2.47. The number of nitrogens with zero attached hydrogens (tertiary/aromatic N) is 5. The van der Waals surface area contributed by atoms with Crippen LogP contribution in [0.3, 0.4) is 0 Å². The first kappa shape index (κ1) is 20.5. The summed E-state index contributed by atoms with van der Waals surface area (Å²) in [7, 11) is 0. The zero-order valence-corrected chi connectivity index (χ0v) is 17.4. The molecule has 156 valence electrons. The zero-order valence-electron chi connectivity index (χ0n) is 16.6. The predicted octanol–water partition coefficient (Wildman–Crippen LogP) is 1.77. The van der Waals surface area contributed by atoms with Gasteiger partial charge in [-0.1, -0.05) is 60.3 Å². The molecule has 0 bridgehead atoms. The fourth-order valence-electron chi connectivity index (χ4n) is 3.30. The number of thioether (sulfide) groups is 1. The maximum Gasteiger partial charge on any atom is 0.230 e. The summed E-state index contributed by atoms with van der Waals surface area (Å²) >= 11 is 1.31. The molecule has 1 aliphatic heterocycles. The molecule has 30 heavy (non-hydrogen) atoms. The molecule has 1 atom stereocenters. The van der Waals surface area contributed by atoms with Crippen molar-refractivity contribution in [3.8, 4) is 5.69 Å². The van der Waals surface area contributed by atoms with Gasteiger partial charge in [-0.25, -0.2) is 0 Å². The number of hydrogen-bond acceptors (Lipinski definition) is 7. The van der Waals surface area contributed by atoms with Crippen molar-refractivity contribution >= 4 is 17.7 Å². The van der Waals surface area contributed by atoms with Crippen LogP contribution in [0.2, 0.25) is 0 Å². The van der Waals surface area contributed by atoms with Crippen LogP contribution in [0, 0.1) is 0 Å². The van der Waals surface area contributed by atoms with E-state index >= 15 is 0 Å². The average molecular weight is 425 g/mol. The van der Waals surface area contributed by atoms with Gasteiger partial charge in [-0.2, -0.15) is 4.68 Å². The lowest BCUT2D eigenvalue weighted by atomic mass is 10.2. The van der Waals surface area contributed by atoms with Crippen molar-refractivity contribution in [1.29, 1.82) is 0 Å². The van der Waals surface area contributed by atoms with Gasteiger partial charge < -0.3 is 10.1 Å². The van der Waals surface area contributed by atoms with Crippen LogP contribution in [0.4, 0.5) is 0 Å². The minimum absolute atomic E-state index is 0.00829. The zero-order chi connectivity index (χ0) is 20.6. The van der Waals surface area contributed by atoms with Gasteiger partial charge in [-0.05, 0) is 28.1 Å². The Bertz CT molecular complexity index is 937. The lowest BCUT2D eigenvalue weighted by Gasteiger charge is -2.33. The molecule has 2 aromatic carbocycles. The molecular weight excluding hydrogens is 400 g/mol. The molecule has 1 aliphatic rings. The third-order valence-corrected chi connectivity index (χ3v) is 5.69. The molecule has 0 aliphatic carbocycles. The number of hydrogen-bond donors (Lipinski definition) is 1. The summed E-state index contributed by atoms with van der Waals surface area (Å²) in [6.45, 7) is 3.76. The highest BCUT2D eigenvalue weighted by Crippen LogP contribution is 2.17. The quantitative estimate of drug-likeness (QED) is 0.552. The number of benzene rings is 2. The van der Waals surface area contributed by atoms with Crippen LogP contribution >= 0.6 is 11.8 Å². The summed E-state index contributed by atoms with van der Waals surface area (Å²) in [6.07, 6.45) is -0.00829. The summed E-state index contributed by atoms with van der Waals surface area (Å²) in [4.78, 5) is 14.7. The van der Waals surface area contributed by atoms with Crippen molar-refractivity contribution in [1.82, 2.24) is 30.4 Å². The van der Waals surface area contributed by atoms with Gasteiger partial charge in [0.15, 0.2) is 0 Å². The Hall–Kier alpha value is -2.75. The Balaban J connectivity index is 1.22. The van der Waals surface area contributed by atoms with E-state index in [0.717, 1.165) is 25.3 Å². The van der Waals surface area contributed by atoms with Crippen LogP contribution < -0.4 is 5.32 Å². The van der Waals surface area contributed by atoms with Crippen molar-refractivity contribution in [2.24, 2.45) is 0 Å². The summed E-state index contributed by atoms with van der Waals surface area (Å²) in [5.41, 5.74) is 2.15. The molecule has 1 saturated heterocycles. The van der Waals surface area contributed by atoms with E-state index in [2.05, 4.69) is 50.0 Å². The smallest absolute Gasteiger partial charge is 0.230 e. The van der Waals surface area contributed by atoms with Gasteiger partial charge in [-0.3, -0.25) is 9.69 Å². The number of nitrogens with one attached hydrogen (secondary N) is 1. The molecule has 1 N–H and O–H groups in total. The third kappa shape index (κ3) is 5.65. The summed E-state index contributed by atoms with van der Waals surface area (Å²) in [6, 6.07) is 20.0. The second-order valence-corrected chi connectivity index (χ2v) is 7.96. The molecule has 0 spiro atoms. The Kier molecular flexibility index (Phi) is 7.07. The van der Waals surface area contributed by atoms with E-state index in [1.807, 2.05) is 36.4 Å². The third-order valence-electron chi connectivity index (χ3n) is 4.77. The summed E-state index contributed by atoms with van der Waals surface area (Å²) < 4.78 is 7.45. The molecule has 8 nitrogen and oxygen atoms in total. The number of aromatic nitrogens is 4. The van der Waals surface area contributed by atoms with Crippen molar-refractivity contribution < 1.29 is 9.53 Å². The Morgan fingerprint density at radius 1 is 1.13 bits per heavy atom. The van der Waals surface area contributed by atoms with Gasteiger partial charge in [0.05, 0.1) is 24.2 Å². The first-order chi connectivity index (χ1) is 14.8. The average Bonchev–Trinajstić information content (AvgIpc) is 3.27. The standard InChI is InChI=1S/C21H24N6O2S/c28-20(16-30-21-23-24-25-27(21)18-9-5-2-6-10-18)22-13-19-15-26(11-12-29-19)14-17-7-3-1-4-8-17/h1-10,19H,11-16H2,(H,22,28). The summed E-state index contributed by atoms with van der Waals surface area (Å²) in [5.74, 6) is 0.180. The van der Waals surface area contributed by atoms with Gasteiger partial charge in [-0.15, -0.1) is 5.10 Å². The molecule has 3 aromatic rings. The van der Waals surface area contributed by atoms with Crippen molar-refractivity contribution in [2.75, 3.05) is 32.0 Å². The van der Waals surface area contributed by atoms with E-state index in [0.29, 0.717) is 18.3 Å². The largest absolute Gasteiger partial charge is 0.374 e. The number of amides is 1. The van der Waals surface area contributed by atoms with E-state index in [-0.39, 0.29) is 17.8 Å². The molecule has 1 amide bonds. The van der Waals surface area contributed by atoms with E-state index in [1.54, 1.807) is 4.68 Å². The van der Waals surface area contributed by atoms with Gasteiger partial charge >= 0.3 is 0 Å². The van der Waals surface area contributed by atoms with Crippen LogP contribution in [0.5, 0.6) is 0 Å². The minimum atomic E-state index is -0.0635. The number of rotatable bonds is 8. The summed E-state index contributed by atoms with van der Waals surface area (Å²) in [5, 5.41) is 15.3. The van der Waals surface area contributed by atoms with E-state index in [1.165, 1.54) is 17.3 Å². The van der Waals surface area contributed by atoms with Crippen molar-refractivity contribution in [3.05, 3.63) is 66.2 Å². The molecule has 4 rings (SSSR count). The second kappa shape index (κ2) is 10.3. The van der Waals surface area contributed by atoms with Gasteiger partial charge in [0.25, 0.3) is 0 Å². The maximum absolute atomic E-state index is 12.3. The topological polar surface area (TPSA) is 85.2 Å². The highest BCUT2D eigenvalue weighted by Gasteiger charge is 2.21. The minimum Gasteiger partial charge on any atom is -0.374 e. The van der Waals surface area contributed by atoms with Crippen LogP contribution in [0.15, 0.2) is 65.8 Å². The normalized spacial score (nSPS) is 17.0. The van der Waals surface area contributed by atoms with Crippen molar-refractivity contribution in [3.63, 3.8) is 0 Å². The number of ether oxygens (including phenoxy) is 1. The first-order valence-electron chi connectivity index (χ1n) is 9.89. The highest BCUT2D eigenvalue weighted by atomic mass is 32.2. The van der Waals surface area contributed by atoms with Gasteiger partial charge in [0.2, 0.25) is 11.1 Å². The fourth-order valence-corrected chi connectivity index (χ4v) is 4.02. The SMILES string of the molecule is O=C(CSc1nnnn1-c1ccccc1)NCC1CN(Cc2ccccc2)CCO1. The monoisotopic (exact) mass is 424 g/mol. The number of morpholine rings is 1. The number of carbonyl (C=O) groups is 1. The second-order valence-electron chi connectivity index (χ2n) is 7.02. The highest BCUT2D eigenvalue weighted by molar-refractivity contribution is 7.99. The van der Waals surface area contributed by atoms with E-state index < -0.39 is 0 Å². The van der Waals surface area contributed by atoms with E-state index in [4.69, 9.17) is 4.74 Å². The number of tetrazole rings is 1. The Morgan fingerprint density at radius 3 is 2.70 bits per heavy atom. The van der Waals surface area contributed by atoms with Crippen LogP contribution in [-0.2, 0) is 16.1 Å². The molecule has 9 heteroatoms. The maximum atomic E-state index is 12.3. The van der Waals surface area contributed by atoms with Gasteiger partial charge in [0, 0.05) is 26.2 Å². The van der Waals surface area contributed by atoms with Crippen LogP contribution in [0.1, 0.15) is 5.56 Å². The number of para-hydroxylation sites is 1. The van der Waals surface area contributed by atoms with Crippen molar-refractivity contribution in [2.45, 2.75) is 17.8 Å². The number of carbonyl (C=O) groups excluding carboxylic acids is 1. The van der Waals surface area contributed by atoms with Crippen LogP contribution in [-0.4, -0.2) is 69.1 Å².